The van der Waals surface area contributed by atoms with Gasteiger partial charge < -0.3 is 10.4 Å². The minimum atomic E-state index is -1.04. The molecule has 2 N–H and O–H groups in total. The molecule has 7 heteroatoms. The second-order valence-corrected chi connectivity index (χ2v) is 5.90. The number of hydrogen-bond donors (Lipinski definition) is 2. The number of thiazole rings is 1. The van der Waals surface area contributed by atoms with Gasteiger partial charge in [0, 0.05) is 17.3 Å². The monoisotopic (exact) mass is 281 g/mol. The second-order valence-electron chi connectivity index (χ2n) is 4.69. The van der Waals surface area contributed by atoms with Crippen LogP contribution >= 0.6 is 11.3 Å². The number of imidazole rings is 1. The molecule has 0 saturated heterocycles. The molecule has 6 nitrogen and oxygen atoms in total. The van der Waals surface area contributed by atoms with Crippen LogP contribution in [0, 0.1) is 12.8 Å². The number of carboxylic acids is 1. The number of carbonyl (C=O) groups excluding carboxylic acids is 1. The van der Waals surface area contributed by atoms with E-state index in [2.05, 4.69) is 10.3 Å². The fourth-order valence-electron chi connectivity index (χ4n) is 1.75. The molecule has 0 aliphatic carbocycles. The van der Waals surface area contributed by atoms with Crippen molar-refractivity contribution in [3.63, 3.8) is 0 Å². The van der Waals surface area contributed by atoms with Crippen molar-refractivity contribution in [2.24, 2.45) is 5.92 Å². The van der Waals surface area contributed by atoms with Crippen LogP contribution in [0.1, 0.15) is 29.2 Å². The molecular formula is C12H15N3O3S. The Kier molecular flexibility index (Phi) is 3.57. The average molecular weight is 281 g/mol. The standard InChI is InChI=1S/C12H15N3O3S/c1-6(2)9(11(17)18)14-10(16)8-5-15-4-7(3)19-12(15)13-8/h4-6,9H,1-3H3,(H,14,16)(H,17,18). The number of rotatable bonds is 4. The van der Waals surface area contributed by atoms with E-state index in [1.807, 2.05) is 13.1 Å². The quantitative estimate of drug-likeness (QED) is 0.890. The summed E-state index contributed by atoms with van der Waals surface area (Å²) < 4.78 is 1.76. The lowest BCUT2D eigenvalue weighted by Crippen LogP contribution is -2.44. The molecular weight excluding hydrogens is 266 g/mol. The van der Waals surface area contributed by atoms with Crippen molar-refractivity contribution in [3.8, 4) is 0 Å². The Morgan fingerprint density at radius 3 is 2.63 bits per heavy atom. The Morgan fingerprint density at radius 2 is 2.11 bits per heavy atom. The zero-order valence-electron chi connectivity index (χ0n) is 10.9. The molecule has 1 amide bonds. The summed E-state index contributed by atoms with van der Waals surface area (Å²) in [6.07, 6.45) is 3.48. The summed E-state index contributed by atoms with van der Waals surface area (Å²) >= 11 is 1.48. The van der Waals surface area contributed by atoms with Crippen molar-refractivity contribution in [1.29, 1.82) is 0 Å². The van der Waals surface area contributed by atoms with Gasteiger partial charge in [-0.15, -0.1) is 11.3 Å². The summed E-state index contributed by atoms with van der Waals surface area (Å²) in [5.41, 5.74) is 0.234. The van der Waals surface area contributed by atoms with Gasteiger partial charge in [0.15, 0.2) is 4.96 Å². The molecule has 0 aliphatic rings. The van der Waals surface area contributed by atoms with Crippen LogP contribution in [0.3, 0.4) is 0 Å². The Labute approximate surface area is 114 Å². The summed E-state index contributed by atoms with van der Waals surface area (Å²) in [5.74, 6) is -1.69. The van der Waals surface area contributed by atoms with Crippen molar-refractivity contribution in [2.45, 2.75) is 26.8 Å². The first kappa shape index (κ1) is 13.5. The number of aromatic nitrogens is 2. The highest BCUT2D eigenvalue weighted by molar-refractivity contribution is 7.17. The van der Waals surface area contributed by atoms with E-state index < -0.39 is 17.9 Å². The predicted molar refractivity (Wildman–Crippen MR) is 71.5 cm³/mol. The van der Waals surface area contributed by atoms with Gasteiger partial charge in [-0.3, -0.25) is 9.20 Å². The molecule has 0 radical (unpaired) electrons. The summed E-state index contributed by atoms with van der Waals surface area (Å²) in [7, 11) is 0. The molecule has 0 spiro atoms. The van der Waals surface area contributed by atoms with Gasteiger partial charge in [-0.25, -0.2) is 9.78 Å². The molecule has 2 aromatic heterocycles. The summed E-state index contributed by atoms with van der Waals surface area (Å²) in [6.45, 7) is 5.45. The molecule has 19 heavy (non-hydrogen) atoms. The maximum absolute atomic E-state index is 12.0. The van der Waals surface area contributed by atoms with Crippen LogP contribution in [0.25, 0.3) is 4.96 Å². The minimum Gasteiger partial charge on any atom is -0.480 e. The van der Waals surface area contributed by atoms with Gasteiger partial charge in [0.25, 0.3) is 5.91 Å². The number of hydrogen-bond acceptors (Lipinski definition) is 4. The number of carboxylic acid groups (broad SMARTS) is 1. The number of nitrogens with zero attached hydrogens (tertiary/aromatic N) is 2. The first-order valence-corrected chi connectivity index (χ1v) is 6.69. The third kappa shape index (κ3) is 2.76. The van der Waals surface area contributed by atoms with Gasteiger partial charge in [-0.1, -0.05) is 13.8 Å². The van der Waals surface area contributed by atoms with Crippen LogP contribution in [0.2, 0.25) is 0 Å². The molecule has 0 bridgehead atoms. The molecule has 1 atom stereocenters. The summed E-state index contributed by atoms with van der Waals surface area (Å²) in [4.78, 5) is 29.0. The highest BCUT2D eigenvalue weighted by Crippen LogP contribution is 2.16. The third-order valence-electron chi connectivity index (χ3n) is 2.72. The number of carbonyl (C=O) groups is 2. The van der Waals surface area contributed by atoms with Gasteiger partial charge in [-0.2, -0.15) is 0 Å². The molecule has 0 aliphatic heterocycles. The van der Waals surface area contributed by atoms with E-state index in [0.29, 0.717) is 0 Å². The van der Waals surface area contributed by atoms with Crippen LogP contribution < -0.4 is 5.32 Å². The van der Waals surface area contributed by atoms with Crippen LogP contribution in [0.4, 0.5) is 0 Å². The molecule has 2 heterocycles. The average Bonchev–Trinajstić information content (AvgIpc) is 2.81. The van der Waals surface area contributed by atoms with Crippen LogP contribution in [0.5, 0.6) is 0 Å². The number of amides is 1. The van der Waals surface area contributed by atoms with Crippen molar-refractivity contribution < 1.29 is 14.7 Å². The predicted octanol–water partition coefficient (Wildman–Crippen LogP) is 1.54. The van der Waals surface area contributed by atoms with Gasteiger partial charge in [0.1, 0.15) is 11.7 Å². The lowest BCUT2D eigenvalue weighted by atomic mass is 10.0. The van der Waals surface area contributed by atoms with E-state index in [1.54, 1.807) is 24.4 Å². The lowest BCUT2D eigenvalue weighted by Gasteiger charge is -2.16. The van der Waals surface area contributed by atoms with Gasteiger partial charge in [0.2, 0.25) is 0 Å². The normalized spacial score (nSPS) is 12.8. The highest BCUT2D eigenvalue weighted by atomic mass is 32.1. The van der Waals surface area contributed by atoms with E-state index in [9.17, 15) is 9.59 Å². The van der Waals surface area contributed by atoms with Crippen LogP contribution in [0.15, 0.2) is 12.4 Å². The zero-order chi connectivity index (χ0) is 14.2. The largest absolute Gasteiger partial charge is 0.480 e. The maximum Gasteiger partial charge on any atom is 0.326 e. The third-order valence-corrected chi connectivity index (χ3v) is 3.64. The smallest absolute Gasteiger partial charge is 0.326 e. The number of aliphatic carboxylic acids is 1. The molecule has 0 saturated carbocycles. The summed E-state index contributed by atoms with van der Waals surface area (Å²) in [6, 6.07) is -0.908. The van der Waals surface area contributed by atoms with E-state index in [4.69, 9.17) is 5.11 Å². The van der Waals surface area contributed by atoms with Crippen LogP contribution in [-0.4, -0.2) is 32.4 Å². The zero-order valence-corrected chi connectivity index (χ0v) is 11.7. The Morgan fingerprint density at radius 1 is 1.42 bits per heavy atom. The Balaban J connectivity index is 2.18. The first-order chi connectivity index (χ1) is 8.88. The lowest BCUT2D eigenvalue weighted by molar-refractivity contribution is -0.140. The molecule has 1 unspecified atom stereocenters. The Hall–Kier alpha value is -1.89. The summed E-state index contributed by atoms with van der Waals surface area (Å²) in [5, 5.41) is 11.5. The molecule has 0 fully saturated rings. The highest BCUT2D eigenvalue weighted by Gasteiger charge is 2.25. The van der Waals surface area contributed by atoms with Crippen molar-refractivity contribution in [2.75, 3.05) is 0 Å². The number of fused-ring (bicyclic) bond motifs is 1. The number of aryl methyl sites for hydroxylation is 1. The van der Waals surface area contributed by atoms with Gasteiger partial charge >= 0.3 is 5.97 Å². The van der Waals surface area contributed by atoms with Crippen molar-refractivity contribution in [3.05, 3.63) is 23.0 Å². The van der Waals surface area contributed by atoms with Gasteiger partial charge in [0.05, 0.1) is 0 Å². The topological polar surface area (TPSA) is 83.7 Å². The Bertz CT molecular complexity index is 598. The van der Waals surface area contributed by atoms with E-state index >= 15 is 0 Å². The molecule has 2 rings (SSSR count). The first-order valence-electron chi connectivity index (χ1n) is 5.87. The molecule has 0 aromatic carbocycles. The van der Waals surface area contributed by atoms with E-state index in [-0.39, 0.29) is 11.6 Å². The SMILES string of the molecule is Cc1cn2cc(C(=O)NC(C(=O)O)C(C)C)nc2s1. The van der Waals surface area contributed by atoms with E-state index in [0.717, 1.165) is 9.84 Å². The van der Waals surface area contributed by atoms with E-state index in [1.165, 1.54) is 11.3 Å². The van der Waals surface area contributed by atoms with Crippen molar-refractivity contribution >= 4 is 28.2 Å². The second kappa shape index (κ2) is 5.00. The molecule has 2 aromatic rings. The van der Waals surface area contributed by atoms with Crippen molar-refractivity contribution in [1.82, 2.24) is 14.7 Å². The fourth-order valence-corrected chi connectivity index (χ4v) is 2.56. The maximum atomic E-state index is 12.0. The van der Waals surface area contributed by atoms with Gasteiger partial charge in [-0.05, 0) is 12.8 Å². The van der Waals surface area contributed by atoms with Crippen LogP contribution in [-0.2, 0) is 4.79 Å². The number of nitrogens with one attached hydrogen (secondary N) is 1. The fraction of sp³-hybridized carbons (Fsp3) is 0.417. The molecule has 102 valence electrons. The minimum absolute atomic E-state index is 0.188.